The summed E-state index contributed by atoms with van der Waals surface area (Å²) < 4.78 is 43.6. The number of hydrogen-bond donors (Lipinski definition) is 0. The van der Waals surface area contributed by atoms with Crippen molar-refractivity contribution in [1.82, 2.24) is 9.55 Å². The van der Waals surface area contributed by atoms with Crippen molar-refractivity contribution in [2.24, 2.45) is 10.2 Å². The molecule has 1 saturated heterocycles. The van der Waals surface area contributed by atoms with Crippen LogP contribution in [0.3, 0.4) is 0 Å². The number of halogens is 3. The molecule has 11 heteroatoms. The molecule has 7 nitrogen and oxygen atoms in total. The number of thioether (sulfide) groups is 1. The number of amidine groups is 1. The third-order valence-corrected chi connectivity index (χ3v) is 7.85. The summed E-state index contributed by atoms with van der Waals surface area (Å²) >= 11 is 1.36. The maximum Gasteiger partial charge on any atom is 0.573 e. The predicted molar refractivity (Wildman–Crippen MR) is 161 cm³/mol. The van der Waals surface area contributed by atoms with Gasteiger partial charge in [0.25, 0.3) is 0 Å². The molecule has 2 heterocycles. The Labute approximate surface area is 243 Å². The molecular formula is C31H24F3N5O2S. The van der Waals surface area contributed by atoms with E-state index in [-0.39, 0.29) is 11.7 Å². The number of benzene rings is 4. The fraction of sp³-hybridized carbons (Fsp3) is 0.161. The normalized spacial score (nSPS) is 15.1. The topological polar surface area (TPSA) is 72.1 Å². The summed E-state index contributed by atoms with van der Waals surface area (Å²) in [7, 11) is 0. The van der Waals surface area contributed by atoms with Crippen LogP contribution in [0.2, 0.25) is 0 Å². The highest BCUT2D eigenvalue weighted by molar-refractivity contribution is 8.15. The van der Waals surface area contributed by atoms with Crippen molar-refractivity contribution in [3.63, 3.8) is 0 Å². The number of para-hydroxylation sites is 1. The lowest BCUT2D eigenvalue weighted by atomic mass is 10.1. The van der Waals surface area contributed by atoms with E-state index in [2.05, 4.69) is 14.9 Å². The second kappa shape index (κ2) is 10.6. The average Bonchev–Trinajstić information content (AvgIpc) is 3.47. The number of carbonyl (C=O) groups excluding carboxylic acids is 1. The van der Waals surface area contributed by atoms with E-state index in [1.165, 1.54) is 23.9 Å². The molecule has 1 aliphatic rings. The monoisotopic (exact) mass is 587 g/mol. The quantitative estimate of drug-likeness (QED) is 0.158. The number of nitrogens with zero attached hydrogens (tertiary/aromatic N) is 5. The number of ether oxygens (including phenoxy) is 1. The molecule has 42 heavy (non-hydrogen) atoms. The van der Waals surface area contributed by atoms with E-state index in [4.69, 9.17) is 4.98 Å². The van der Waals surface area contributed by atoms with Gasteiger partial charge in [0.05, 0.1) is 28.7 Å². The summed E-state index contributed by atoms with van der Waals surface area (Å²) in [6.07, 6.45) is -3.10. The number of alkyl halides is 3. The number of anilines is 1. The van der Waals surface area contributed by atoms with Crippen LogP contribution < -0.4 is 9.64 Å². The van der Waals surface area contributed by atoms with Gasteiger partial charge < -0.3 is 4.74 Å². The van der Waals surface area contributed by atoms with Crippen molar-refractivity contribution >= 4 is 56.5 Å². The van der Waals surface area contributed by atoms with E-state index in [1.54, 1.807) is 23.2 Å². The summed E-state index contributed by atoms with van der Waals surface area (Å²) in [5, 5.41) is 11.1. The third kappa shape index (κ3) is 5.23. The van der Waals surface area contributed by atoms with E-state index in [9.17, 15) is 18.0 Å². The minimum atomic E-state index is -4.75. The molecule has 1 aliphatic heterocycles. The number of fused-ring (bicyclic) bond motifs is 3. The van der Waals surface area contributed by atoms with Gasteiger partial charge in [0.2, 0.25) is 5.91 Å². The van der Waals surface area contributed by atoms with E-state index in [1.807, 2.05) is 73.9 Å². The highest BCUT2D eigenvalue weighted by Gasteiger charge is 2.32. The molecule has 0 spiro atoms. The van der Waals surface area contributed by atoms with Crippen molar-refractivity contribution in [2.75, 3.05) is 10.7 Å². The molecule has 212 valence electrons. The molecule has 4 aromatic carbocycles. The SMILES string of the molecule is Cc1cccc(C)c1N1C(=O)CS/C1=N\N=C\c1ccc2c(ccc3c2nc(C)n3-c2ccc(OC(F)(F)F)cc2)c1. The van der Waals surface area contributed by atoms with Crippen LogP contribution in [-0.4, -0.2) is 39.0 Å². The molecule has 0 N–H and O–H groups in total. The predicted octanol–water partition coefficient (Wildman–Crippen LogP) is 7.47. The van der Waals surface area contributed by atoms with Crippen LogP contribution in [0.25, 0.3) is 27.5 Å². The Balaban J connectivity index is 1.28. The summed E-state index contributed by atoms with van der Waals surface area (Å²) in [5.41, 5.74) is 5.93. The highest BCUT2D eigenvalue weighted by Crippen LogP contribution is 2.33. The standard InChI is InChI=1S/C31H24F3N5O2S/c1-18-5-4-6-19(2)29(18)39-27(40)17-42-30(39)37-35-16-21-7-13-25-22(15-21)8-14-26-28(25)36-20(3)38(26)23-9-11-24(12-10-23)41-31(32,33)34/h4-16H,17H2,1-3H3/b35-16+,37-30-. The fourth-order valence-corrected chi connectivity index (χ4v) is 5.98. The highest BCUT2D eigenvalue weighted by atomic mass is 32.2. The minimum Gasteiger partial charge on any atom is -0.406 e. The van der Waals surface area contributed by atoms with Gasteiger partial charge in [0, 0.05) is 11.1 Å². The van der Waals surface area contributed by atoms with Crippen LogP contribution in [0, 0.1) is 20.8 Å². The van der Waals surface area contributed by atoms with Crippen molar-refractivity contribution in [3.05, 3.63) is 95.3 Å². The maximum absolute atomic E-state index is 12.7. The molecule has 0 aliphatic carbocycles. The van der Waals surface area contributed by atoms with Gasteiger partial charge in [-0.25, -0.2) is 4.98 Å². The van der Waals surface area contributed by atoms with E-state index < -0.39 is 6.36 Å². The zero-order valence-corrected chi connectivity index (χ0v) is 23.6. The van der Waals surface area contributed by atoms with Crippen molar-refractivity contribution in [2.45, 2.75) is 27.1 Å². The van der Waals surface area contributed by atoms with Crippen LogP contribution in [0.1, 0.15) is 22.5 Å². The Hall–Kier alpha value is -4.64. The smallest absolute Gasteiger partial charge is 0.406 e. The van der Waals surface area contributed by atoms with Gasteiger partial charge in [-0.2, -0.15) is 5.10 Å². The first kappa shape index (κ1) is 27.5. The molecule has 0 bridgehead atoms. The van der Waals surface area contributed by atoms with Crippen LogP contribution in [0.5, 0.6) is 5.75 Å². The zero-order chi connectivity index (χ0) is 29.6. The molecular weight excluding hydrogens is 563 g/mol. The number of carbonyl (C=O) groups is 1. The number of aryl methyl sites for hydroxylation is 3. The first-order valence-electron chi connectivity index (χ1n) is 13.0. The molecule has 5 aromatic rings. The van der Waals surface area contributed by atoms with Crippen molar-refractivity contribution in [3.8, 4) is 11.4 Å². The molecule has 1 aromatic heterocycles. The summed E-state index contributed by atoms with van der Waals surface area (Å²) in [5.74, 6) is 0.696. The van der Waals surface area contributed by atoms with Gasteiger partial charge in [0.1, 0.15) is 11.6 Å². The summed E-state index contributed by atoms with van der Waals surface area (Å²) in [6, 6.07) is 21.4. The molecule has 0 unspecified atom stereocenters. The lowest BCUT2D eigenvalue weighted by Crippen LogP contribution is -2.30. The third-order valence-electron chi connectivity index (χ3n) is 6.94. The van der Waals surface area contributed by atoms with E-state index in [0.717, 1.165) is 44.2 Å². The Kier molecular flexibility index (Phi) is 6.97. The molecule has 6 rings (SSSR count). The second-order valence-electron chi connectivity index (χ2n) is 9.84. The summed E-state index contributed by atoms with van der Waals surface area (Å²) in [4.78, 5) is 19.1. The summed E-state index contributed by atoms with van der Waals surface area (Å²) in [6.45, 7) is 5.79. The van der Waals surface area contributed by atoms with Crippen LogP contribution >= 0.6 is 11.8 Å². The fourth-order valence-electron chi connectivity index (χ4n) is 5.17. The van der Waals surface area contributed by atoms with Gasteiger partial charge in [0.15, 0.2) is 5.17 Å². The van der Waals surface area contributed by atoms with Gasteiger partial charge in [-0.3, -0.25) is 14.3 Å². The van der Waals surface area contributed by atoms with E-state index >= 15 is 0 Å². The number of aromatic nitrogens is 2. The number of hydrogen-bond acceptors (Lipinski definition) is 6. The molecule has 1 amide bonds. The van der Waals surface area contributed by atoms with Crippen LogP contribution in [-0.2, 0) is 4.79 Å². The number of rotatable bonds is 5. The van der Waals surface area contributed by atoms with Crippen molar-refractivity contribution in [1.29, 1.82) is 0 Å². The Morgan fingerprint density at radius 3 is 2.43 bits per heavy atom. The Morgan fingerprint density at radius 1 is 0.976 bits per heavy atom. The van der Waals surface area contributed by atoms with Gasteiger partial charge in [-0.05, 0) is 79.2 Å². The lowest BCUT2D eigenvalue weighted by Gasteiger charge is -2.20. The van der Waals surface area contributed by atoms with Gasteiger partial charge in [-0.1, -0.05) is 48.2 Å². The maximum atomic E-state index is 12.7. The van der Waals surface area contributed by atoms with Crippen molar-refractivity contribution < 1.29 is 22.7 Å². The minimum absolute atomic E-state index is 0.0265. The Morgan fingerprint density at radius 2 is 1.71 bits per heavy atom. The van der Waals surface area contributed by atoms with Crippen LogP contribution in [0.15, 0.2) is 83.0 Å². The number of amides is 1. The van der Waals surface area contributed by atoms with Crippen LogP contribution in [0.4, 0.5) is 18.9 Å². The van der Waals surface area contributed by atoms with Gasteiger partial charge >= 0.3 is 6.36 Å². The second-order valence-corrected chi connectivity index (χ2v) is 10.8. The lowest BCUT2D eigenvalue weighted by molar-refractivity contribution is -0.274. The molecule has 0 radical (unpaired) electrons. The Bertz CT molecular complexity index is 1890. The zero-order valence-electron chi connectivity index (χ0n) is 22.8. The largest absolute Gasteiger partial charge is 0.573 e. The molecule has 0 atom stereocenters. The molecule has 1 fully saturated rings. The van der Waals surface area contributed by atoms with E-state index in [0.29, 0.717) is 22.4 Å². The average molecular weight is 588 g/mol. The molecule has 0 saturated carbocycles. The number of imidazole rings is 1. The first-order chi connectivity index (χ1) is 20.1. The van der Waals surface area contributed by atoms with Gasteiger partial charge in [-0.15, -0.1) is 18.3 Å². The first-order valence-corrected chi connectivity index (χ1v) is 14.0.